The van der Waals surface area contributed by atoms with Crippen molar-refractivity contribution in [2.24, 2.45) is 0 Å². The van der Waals surface area contributed by atoms with Crippen molar-refractivity contribution >= 4 is 16.5 Å². The first-order chi connectivity index (χ1) is 7.38. The Hall–Kier alpha value is -0.650. The van der Waals surface area contributed by atoms with Crippen molar-refractivity contribution < 1.29 is 9.47 Å². The molecule has 5 heteroatoms. The van der Waals surface area contributed by atoms with Crippen LogP contribution in [0, 0.1) is 0 Å². The SMILES string of the molecule is c1csc(N2CCCC3(C2)OCCO3)n1. The third kappa shape index (κ3) is 1.75. The van der Waals surface area contributed by atoms with E-state index in [1.54, 1.807) is 11.3 Å². The molecule has 1 spiro atoms. The first kappa shape index (κ1) is 9.57. The summed E-state index contributed by atoms with van der Waals surface area (Å²) in [6.45, 7) is 3.33. The average Bonchev–Trinajstić information content (AvgIpc) is 2.89. The third-order valence-electron chi connectivity index (χ3n) is 2.92. The lowest BCUT2D eigenvalue weighted by Crippen LogP contribution is -2.49. The van der Waals surface area contributed by atoms with Crippen LogP contribution in [0.2, 0.25) is 0 Å². The van der Waals surface area contributed by atoms with Gasteiger partial charge in [0.05, 0.1) is 19.8 Å². The number of nitrogens with zero attached hydrogens (tertiary/aromatic N) is 2. The highest BCUT2D eigenvalue weighted by molar-refractivity contribution is 7.13. The molecule has 0 saturated carbocycles. The predicted molar refractivity (Wildman–Crippen MR) is 58.2 cm³/mol. The van der Waals surface area contributed by atoms with Crippen LogP contribution < -0.4 is 4.90 Å². The van der Waals surface area contributed by atoms with E-state index in [9.17, 15) is 0 Å². The maximum Gasteiger partial charge on any atom is 0.186 e. The van der Waals surface area contributed by atoms with Crippen LogP contribution in [-0.4, -0.2) is 37.1 Å². The molecule has 0 aromatic carbocycles. The molecule has 1 aromatic rings. The fourth-order valence-electron chi connectivity index (χ4n) is 2.26. The standard InChI is InChI=1S/C10H14N2O2S/c1-2-10(13-5-6-14-10)8-12(4-1)9-11-3-7-15-9/h3,7H,1-2,4-6,8H2. The summed E-state index contributed by atoms with van der Waals surface area (Å²) >= 11 is 1.68. The number of ether oxygens (including phenoxy) is 2. The highest BCUT2D eigenvalue weighted by atomic mass is 32.1. The first-order valence-corrected chi connectivity index (χ1v) is 6.18. The van der Waals surface area contributed by atoms with Gasteiger partial charge >= 0.3 is 0 Å². The zero-order valence-corrected chi connectivity index (χ0v) is 9.33. The van der Waals surface area contributed by atoms with Gasteiger partial charge in [-0.2, -0.15) is 0 Å². The smallest absolute Gasteiger partial charge is 0.186 e. The maximum atomic E-state index is 5.72. The van der Waals surface area contributed by atoms with E-state index >= 15 is 0 Å². The number of aromatic nitrogens is 1. The van der Waals surface area contributed by atoms with E-state index in [1.165, 1.54) is 0 Å². The molecule has 4 nitrogen and oxygen atoms in total. The minimum atomic E-state index is -0.343. The fraction of sp³-hybridized carbons (Fsp3) is 0.700. The summed E-state index contributed by atoms with van der Waals surface area (Å²) < 4.78 is 11.4. The van der Waals surface area contributed by atoms with E-state index in [0.29, 0.717) is 0 Å². The molecule has 0 aliphatic carbocycles. The van der Waals surface area contributed by atoms with Gasteiger partial charge in [-0.25, -0.2) is 4.98 Å². The van der Waals surface area contributed by atoms with E-state index in [2.05, 4.69) is 9.88 Å². The van der Waals surface area contributed by atoms with Gasteiger partial charge in [-0.05, 0) is 6.42 Å². The molecule has 2 aliphatic heterocycles. The third-order valence-corrected chi connectivity index (χ3v) is 3.75. The molecular formula is C10H14N2O2S. The summed E-state index contributed by atoms with van der Waals surface area (Å²) in [5.41, 5.74) is 0. The molecule has 82 valence electrons. The number of hydrogen-bond donors (Lipinski definition) is 0. The molecular weight excluding hydrogens is 212 g/mol. The lowest BCUT2D eigenvalue weighted by molar-refractivity contribution is -0.161. The van der Waals surface area contributed by atoms with Crippen molar-refractivity contribution in [2.45, 2.75) is 18.6 Å². The molecule has 0 unspecified atom stereocenters. The number of piperidine rings is 1. The fourth-order valence-corrected chi connectivity index (χ4v) is 2.93. The zero-order chi connectivity index (χ0) is 10.1. The first-order valence-electron chi connectivity index (χ1n) is 5.30. The largest absolute Gasteiger partial charge is 0.346 e. The monoisotopic (exact) mass is 226 g/mol. The van der Waals surface area contributed by atoms with E-state index in [4.69, 9.17) is 9.47 Å². The van der Waals surface area contributed by atoms with Crippen LogP contribution >= 0.6 is 11.3 Å². The Bertz CT molecular complexity index is 322. The molecule has 0 atom stereocenters. The highest BCUT2D eigenvalue weighted by Gasteiger charge is 2.41. The van der Waals surface area contributed by atoms with Crippen molar-refractivity contribution in [3.63, 3.8) is 0 Å². The van der Waals surface area contributed by atoms with Gasteiger partial charge in [0, 0.05) is 24.5 Å². The van der Waals surface area contributed by atoms with Crippen LogP contribution in [0.4, 0.5) is 5.13 Å². The van der Waals surface area contributed by atoms with Crippen LogP contribution in [0.1, 0.15) is 12.8 Å². The van der Waals surface area contributed by atoms with Crippen LogP contribution in [-0.2, 0) is 9.47 Å². The second-order valence-electron chi connectivity index (χ2n) is 3.95. The van der Waals surface area contributed by atoms with E-state index in [0.717, 1.165) is 44.3 Å². The van der Waals surface area contributed by atoms with Gasteiger partial charge in [-0.15, -0.1) is 11.3 Å². The second kappa shape index (κ2) is 3.73. The number of thiazole rings is 1. The molecule has 2 saturated heterocycles. The minimum Gasteiger partial charge on any atom is -0.346 e. The van der Waals surface area contributed by atoms with Gasteiger partial charge in [-0.3, -0.25) is 0 Å². The van der Waals surface area contributed by atoms with Crippen LogP contribution in [0.5, 0.6) is 0 Å². The molecule has 0 N–H and O–H groups in total. The lowest BCUT2D eigenvalue weighted by Gasteiger charge is -2.38. The zero-order valence-electron chi connectivity index (χ0n) is 8.52. The summed E-state index contributed by atoms with van der Waals surface area (Å²) in [5, 5.41) is 3.08. The summed E-state index contributed by atoms with van der Waals surface area (Å²) in [6, 6.07) is 0. The molecule has 0 bridgehead atoms. The molecule has 0 radical (unpaired) electrons. The Kier molecular flexibility index (Phi) is 2.38. The lowest BCUT2D eigenvalue weighted by atomic mass is 10.1. The van der Waals surface area contributed by atoms with Crippen LogP contribution in [0.15, 0.2) is 11.6 Å². The summed E-state index contributed by atoms with van der Waals surface area (Å²) in [6.07, 6.45) is 3.96. The summed E-state index contributed by atoms with van der Waals surface area (Å²) in [5.74, 6) is -0.343. The molecule has 3 heterocycles. The Morgan fingerprint density at radius 1 is 1.40 bits per heavy atom. The van der Waals surface area contributed by atoms with Crippen molar-refractivity contribution in [3.8, 4) is 0 Å². The average molecular weight is 226 g/mol. The quantitative estimate of drug-likeness (QED) is 0.726. The van der Waals surface area contributed by atoms with Gasteiger partial charge in [-0.1, -0.05) is 0 Å². The van der Waals surface area contributed by atoms with Crippen molar-refractivity contribution in [2.75, 3.05) is 31.2 Å². The maximum absolute atomic E-state index is 5.72. The predicted octanol–water partition coefficient (Wildman–Crippen LogP) is 1.49. The summed E-state index contributed by atoms with van der Waals surface area (Å²) in [7, 11) is 0. The molecule has 15 heavy (non-hydrogen) atoms. The topological polar surface area (TPSA) is 34.6 Å². The molecule has 3 rings (SSSR count). The van der Waals surface area contributed by atoms with E-state index in [-0.39, 0.29) is 5.79 Å². The van der Waals surface area contributed by atoms with E-state index < -0.39 is 0 Å². The Labute approximate surface area is 92.8 Å². The van der Waals surface area contributed by atoms with E-state index in [1.807, 2.05) is 11.6 Å². The molecule has 2 aliphatic rings. The normalized spacial score (nSPS) is 24.9. The second-order valence-corrected chi connectivity index (χ2v) is 4.82. The molecule has 2 fully saturated rings. The van der Waals surface area contributed by atoms with Crippen molar-refractivity contribution in [1.29, 1.82) is 0 Å². The van der Waals surface area contributed by atoms with Gasteiger partial charge in [0.1, 0.15) is 0 Å². The Balaban J connectivity index is 1.76. The van der Waals surface area contributed by atoms with Gasteiger partial charge in [0.25, 0.3) is 0 Å². The number of rotatable bonds is 1. The highest BCUT2D eigenvalue weighted by Crippen LogP contribution is 2.32. The van der Waals surface area contributed by atoms with Gasteiger partial charge < -0.3 is 14.4 Å². The van der Waals surface area contributed by atoms with Crippen molar-refractivity contribution in [1.82, 2.24) is 4.98 Å². The molecule has 1 aromatic heterocycles. The van der Waals surface area contributed by atoms with Crippen molar-refractivity contribution in [3.05, 3.63) is 11.6 Å². The van der Waals surface area contributed by atoms with Crippen LogP contribution in [0.25, 0.3) is 0 Å². The minimum absolute atomic E-state index is 0.343. The van der Waals surface area contributed by atoms with Crippen LogP contribution in [0.3, 0.4) is 0 Å². The Morgan fingerprint density at radius 3 is 3.00 bits per heavy atom. The van der Waals surface area contributed by atoms with Gasteiger partial charge in [0.15, 0.2) is 10.9 Å². The number of anilines is 1. The number of hydrogen-bond acceptors (Lipinski definition) is 5. The Morgan fingerprint density at radius 2 is 2.27 bits per heavy atom. The summed E-state index contributed by atoms with van der Waals surface area (Å²) in [4.78, 5) is 6.59. The molecule has 0 amide bonds. The van der Waals surface area contributed by atoms with Gasteiger partial charge in [0.2, 0.25) is 0 Å².